The Bertz CT molecular complexity index is 254. The smallest absolute Gasteiger partial charge is 0.252 e. The first-order valence-electron chi connectivity index (χ1n) is 2.87. The summed E-state index contributed by atoms with van der Waals surface area (Å²) in [6.45, 7) is -0.0571. The zero-order chi connectivity index (χ0) is 8.10. The topological polar surface area (TPSA) is 52.1 Å². The van der Waals surface area contributed by atoms with Gasteiger partial charge in [0.1, 0.15) is 6.61 Å². The molecule has 11 heavy (non-hydrogen) atoms. The van der Waals surface area contributed by atoms with Crippen LogP contribution in [0.1, 0.15) is 0 Å². The van der Waals surface area contributed by atoms with Crippen LogP contribution in [0.3, 0.4) is 0 Å². The third-order valence-corrected chi connectivity index (χ3v) is 1.17. The normalized spacial score (nSPS) is 9.18. The summed E-state index contributed by atoms with van der Waals surface area (Å²) in [4.78, 5) is 17.3. The van der Waals surface area contributed by atoms with Gasteiger partial charge < -0.3 is 4.74 Å². The predicted molar refractivity (Wildman–Crippen MR) is 38.6 cm³/mol. The molecule has 1 aromatic rings. The SMILES string of the molecule is O=CCOc1nccnc1Cl. The number of hydrogen-bond acceptors (Lipinski definition) is 4. The first-order valence-corrected chi connectivity index (χ1v) is 3.25. The molecule has 0 fully saturated rings. The predicted octanol–water partition coefficient (Wildman–Crippen LogP) is 0.708. The Hall–Kier alpha value is -1.16. The second-order valence-corrected chi connectivity index (χ2v) is 1.99. The fourth-order valence-electron chi connectivity index (χ4n) is 0.518. The molecule has 1 heterocycles. The highest BCUT2D eigenvalue weighted by atomic mass is 35.5. The number of carbonyl (C=O) groups excluding carboxylic acids is 1. The third-order valence-electron chi connectivity index (χ3n) is 0.911. The average molecular weight is 173 g/mol. The lowest BCUT2D eigenvalue weighted by atomic mass is 10.7. The van der Waals surface area contributed by atoms with E-state index in [-0.39, 0.29) is 17.6 Å². The molecule has 0 bridgehead atoms. The van der Waals surface area contributed by atoms with Gasteiger partial charge in [-0.2, -0.15) is 0 Å². The molecule has 0 N–H and O–H groups in total. The Morgan fingerprint density at radius 2 is 2.27 bits per heavy atom. The highest BCUT2D eigenvalue weighted by Gasteiger charge is 2.00. The van der Waals surface area contributed by atoms with Gasteiger partial charge in [-0.25, -0.2) is 9.97 Å². The zero-order valence-corrected chi connectivity index (χ0v) is 6.28. The van der Waals surface area contributed by atoms with Crippen molar-refractivity contribution in [3.8, 4) is 5.88 Å². The fraction of sp³-hybridized carbons (Fsp3) is 0.167. The van der Waals surface area contributed by atoms with Crippen LogP contribution in [-0.2, 0) is 4.79 Å². The van der Waals surface area contributed by atoms with Gasteiger partial charge in [-0.15, -0.1) is 0 Å². The molecule has 0 spiro atoms. The maximum Gasteiger partial charge on any atom is 0.252 e. The van der Waals surface area contributed by atoms with E-state index < -0.39 is 0 Å². The first-order chi connectivity index (χ1) is 5.34. The monoisotopic (exact) mass is 172 g/mol. The number of hydrogen-bond donors (Lipinski definition) is 0. The summed E-state index contributed by atoms with van der Waals surface area (Å²) in [6, 6.07) is 0. The standard InChI is InChI=1S/C6H5ClN2O2/c7-5-6(11-4-3-10)9-2-1-8-5/h1-3H,4H2. The van der Waals surface area contributed by atoms with Crippen LogP contribution in [0.15, 0.2) is 12.4 Å². The molecule has 0 atom stereocenters. The summed E-state index contributed by atoms with van der Waals surface area (Å²) >= 11 is 5.55. The molecule has 1 rings (SSSR count). The van der Waals surface area contributed by atoms with Crippen LogP contribution in [0.5, 0.6) is 5.88 Å². The Morgan fingerprint density at radius 3 is 2.91 bits per heavy atom. The minimum atomic E-state index is -0.0571. The van der Waals surface area contributed by atoms with E-state index in [1.54, 1.807) is 0 Å². The summed E-state index contributed by atoms with van der Waals surface area (Å²) in [6.07, 6.45) is 3.49. The van der Waals surface area contributed by atoms with E-state index in [9.17, 15) is 4.79 Å². The van der Waals surface area contributed by atoms with Gasteiger partial charge in [0.05, 0.1) is 0 Å². The van der Waals surface area contributed by atoms with E-state index >= 15 is 0 Å². The molecule has 1 aromatic heterocycles. The average Bonchev–Trinajstić information content (AvgIpc) is 2.03. The van der Waals surface area contributed by atoms with Gasteiger partial charge in [0.25, 0.3) is 5.88 Å². The van der Waals surface area contributed by atoms with Gasteiger partial charge in [-0.05, 0) is 0 Å². The minimum Gasteiger partial charge on any atom is -0.468 e. The molecule has 0 radical (unpaired) electrons. The third kappa shape index (κ3) is 2.16. The van der Waals surface area contributed by atoms with Crippen LogP contribution >= 0.6 is 11.6 Å². The summed E-state index contributed by atoms with van der Waals surface area (Å²) in [5.74, 6) is 0.182. The van der Waals surface area contributed by atoms with Gasteiger partial charge in [0.15, 0.2) is 11.4 Å². The van der Waals surface area contributed by atoms with Crippen LogP contribution in [0.25, 0.3) is 0 Å². The van der Waals surface area contributed by atoms with Crippen molar-refractivity contribution in [2.24, 2.45) is 0 Å². The molecule has 0 amide bonds. The molecule has 5 heteroatoms. The number of nitrogens with zero attached hydrogens (tertiary/aromatic N) is 2. The van der Waals surface area contributed by atoms with E-state index in [0.29, 0.717) is 6.29 Å². The molecule has 0 saturated heterocycles. The molecule has 0 aliphatic rings. The second-order valence-electron chi connectivity index (χ2n) is 1.63. The maximum absolute atomic E-state index is 9.87. The van der Waals surface area contributed by atoms with Gasteiger partial charge >= 0.3 is 0 Å². The lowest BCUT2D eigenvalue weighted by Gasteiger charge is -1.99. The molecule has 58 valence electrons. The Morgan fingerprint density at radius 1 is 1.55 bits per heavy atom. The van der Waals surface area contributed by atoms with Crippen LogP contribution in [-0.4, -0.2) is 22.9 Å². The van der Waals surface area contributed by atoms with Crippen molar-refractivity contribution in [1.82, 2.24) is 9.97 Å². The van der Waals surface area contributed by atoms with E-state index in [2.05, 4.69) is 9.97 Å². The van der Waals surface area contributed by atoms with Crippen molar-refractivity contribution < 1.29 is 9.53 Å². The second kappa shape index (κ2) is 3.88. The Balaban J connectivity index is 2.69. The van der Waals surface area contributed by atoms with Crippen LogP contribution < -0.4 is 4.74 Å². The molecular formula is C6H5ClN2O2. The number of rotatable bonds is 3. The van der Waals surface area contributed by atoms with Gasteiger partial charge in [-0.3, -0.25) is 4.79 Å². The van der Waals surface area contributed by atoms with E-state index in [4.69, 9.17) is 16.3 Å². The highest BCUT2D eigenvalue weighted by molar-refractivity contribution is 6.30. The van der Waals surface area contributed by atoms with Crippen molar-refractivity contribution in [3.05, 3.63) is 17.5 Å². The Labute approximate surface area is 68.2 Å². The molecule has 0 aromatic carbocycles. The van der Waals surface area contributed by atoms with Crippen molar-refractivity contribution in [2.45, 2.75) is 0 Å². The minimum absolute atomic E-state index is 0.0571. The number of halogens is 1. The van der Waals surface area contributed by atoms with Crippen LogP contribution in [0, 0.1) is 0 Å². The largest absolute Gasteiger partial charge is 0.468 e. The van der Waals surface area contributed by atoms with Gasteiger partial charge in [0, 0.05) is 12.4 Å². The number of aromatic nitrogens is 2. The van der Waals surface area contributed by atoms with E-state index in [0.717, 1.165) is 0 Å². The molecule has 0 unspecified atom stereocenters. The quantitative estimate of drug-likeness (QED) is 0.630. The van der Waals surface area contributed by atoms with Crippen molar-refractivity contribution >= 4 is 17.9 Å². The molecule has 0 aliphatic carbocycles. The fourth-order valence-corrected chi connectivity index (χ4v) is 0.678. The molecule has 0 aliphatic heterocycles. The van der Waals surface area contributed by atoms with Gasteiger partial charge in [-0.1, -0.05) is 11.6 Å². The molecule has 4 nitrogen and oxygen atoms in total. The lowest BCUT2D eigenvalue weighted by Crippen LogP contribution is -2.00. The molecular weight excluding hydrogens is 168 g/mol. The number of carbonyl (C=O) groups is 1. The number of aldehydes is 1. The number of ether oxygens (including phenoxy) is 1. The van der Waals surface area contributed by atoms with E-state index in [1.807, 2.05) is 0 Å². The lowest BCUT2D eigenvalue weighted by molar-refractivity contribution is -0.109. The summed E-state index contributed by atoms with van der Waals surface area (Å²) < 4.78 is 4.81. The van der Waals surface area contributed by atoms with Crippen molar-refractivity contribution in [2.75, 3.05) is 6.61 Å². The Kier molecular flexibility index (Phi) is 2.80. The highest BCUT2D eigenvalue weighted by Crippen LogP contribution is 2.15. The van der Waals surface area contributed by atoms with Crippen LogP contribution in [0.4, 0.5) is 0 Å². The maximum atomic E-state index is 9.87. The molecule has 0 saturated carbocycles. The van der Waals surface area contributed by atoms with Gasteiger partial charge in [0.2, 0.25) is 0 Å². The first kappa shape index (κ1) is 7.94. The zero-order valence-electron chi connectivity index (χ0n) is 5.53. The summed E-state index contributed by atoms with van der Waals surface area (Å²) in [5, 5.41) is 0.161. The summed E-state index contributed by atoms with van der Waals surface area (Å²) in [7, 11) is 0. The van der Waals surface area contributed by atoms with E-state index in [1.165, 1.54) is 12.4 Å². The van der Waals surface area contributed by atoms with Crippen LogP contribution in [0.2, 0.25) is 5.15 Å². The van der Waals surface area contributed by atoms with Crippen molar-refractivity contribution in [3.63, 3.8) is 0 Å². The summed E-state index contributed by atoms with van der Waals surface area (Å²) in [5.41, 5.74) is 0. The van der Waals surface area contributed by atoms with Crippen molar-refractivity contribution in [1.29, 1.82) is 0 Å².